The van der Waals surface area contributed by atoms with Crippen LogP contribution in [0.3, 0.4) is 0 Å². The third-order valence-electron chi connectivity index (χ3n) is 3.77. The second-order valence-corrected chi connectivity index (χ2v) is 9.20. The van der Waals surface area contributed by atoms with E-state index in [0.717, 1.165) is 43.4 Å². The zero-order chi connectivity index (χ0) is 17.6. The van der Waals surface area contributed by atoms with Gasteiger partial charge in [0.25, 0.3) is 0 Å². The first kappa shape index (κ1) is 16.4. The number of thiophene rings is 1. The summed E-state index contributed by atoms with van der Waals surface area (Å²) < 4.78 is 23.8. The maximum atomic E-state index is 11.8. The lowest BCUT2D eigenvalue weighted by atomic mass is 10.1. The van der Waals surface area contributed by atoms with Gasteiger partial charge in [-0.1, -0.05) is 18.2 Å². The molecule has 0 saturated carbocycles. The fraction of sp³-hybridized carbons (Fsp3) is 0.0625. The van der Waals surface area contributed by atoms with Gasteiger partial charge in [0, 0.05) is 22.7 Å². The molecule has 4 rings (SSSR count). The minimum atomic E-state index is -3.79. The van der Waals surface area contributed by atoms with E-state index in [9.17, 15) is 13.5 Å². The van der Waals surface area contributed by atoms with Crippen molar-refractivity contribution < 1.29 is 13.5 Å². The number of sulfonamides is 1. The molecule has 1 aromatic carbocycles. The van der Waals surface area contributed by atoms with Crippen LogP contribution >= 0.6 is 22.7 Å². The summed E-state index contributed by atoms with van der Waals surface area (Å²) >= 11 is 2.51. The highest BCUT2D eigenvalue weighted by Crippen LogP contribution is 2.37. The number of nitrogens with two attached hydrogens (primary N) is 1. The topological polar surface area (TPSA) is 109 Å². The zero-order valence-electron chi connectivity index (χ0n) is 12.8. The number of hydrogen-bond donors (Lipinski definition) is 3. The van der Waals surface area contributed by atoms with Crippen LogP contribution in [0.25, 0.3) is 32.7 Å². The Balaban J connectivity index is 1.91. The Hall–Kier alpha value is -2.04. The molecule has 4 N–H and O–H groups in total. The van der Waals surface area contributed by atoms with Gasteiger partial charge in [0.1, 0.15) is 9.22 Å². The van der Waals surface area contributed by atoms with Gasteiger partial charge >= 0.3 is 0 Å². The van der Waals surface area contributed by atoms with Gasteiger partial charge in [0.05, 0.1) is 22.7 Å². The molecule has 3 heterocycles. The van der Waals surface area contributed by atoms with Gasteiger partial charge in [-0.05, 0) is 17.5 Å². The summed E-state index contributed by atoms with van der Waals surface area (Å²) in [6.45, 7) is -0.0459. The number of primary sulfonamides is 1. The molecule has 0 amide bonds. The Bertz CT molecular complexity index is 1170. The number of hydrogen-bond acceptors (Lipinski definition) is 6. The standard InChI is InChI=1S/C16H13N3O3S3/c17-25(21,22)16-12(4-5-23-16)11-3-1-2-9-6-13(19-14(9)11)15-18-7-10(8-20)24-15/h1-7,19-20H,8H2,(H2,17,21,22). The average Bonchev–Trinajstić information content (AvgIpc) is 3.30. The van der Waals surface area contributed by atoms with Gasteiger partial charge in [0.2, 0.25) is 10.0 Å². The van der Waals surface area contributed by atoms with Crippen molar-refractivity contribution in [1.82, 2.24) is 9.97 Å². The van der Waals surface area contributed by atoms with Crippen molar-refractivity contribution in [3.05, 3.63) is 46.8 Å². The van der Waals surface area contributed by atoms with E-state index in [2.05, 4.69) is 9.97 Å². The number of aliphatic hydroxyl groups is 1. The monoisotopic (exact) mass is 391 g/mol. The Morgan fingerprint density at radius 2 is 2.08 bits per heavy atom. The molecule has 128 valence electrons. The third-order valence-corrected chi connectivity index (χ3v) is 7.22. The summed E-state index contributed by atoms with van der Waals surface area (Å²) in [6, 6.07) is 9.40. The number of benzene rings is 1. The normalized spacial score (nSPS) is 12.1. The van der Waals surface area contributed by atoms with Gasteiger partial charge in [-0.15, -0.1) is 22.7 Å². The molecule has 25 heavy (non-hydrogen) atoms. The number of H-pyrrole nitrogens is 1. The second kappa shape index (κ2) is 6.04. The largest absolute Gasteiger partial charge is 0.391 e. The first-order chi connectivity index (χ1) is 12.0. The summed E-state index contributed by atoms with van der Waals surface area (Å²) in [4.78, 5) is 8.42. The number of aromatic amines is 1. The van der Waals surface area contributed by atoms with Crippen molar-refractivity contribution in [3.63, 3.8) is 0 Å². The van der Waals surface area contributed by atoms with Crippen molar-refractivity contribution >= 4 is 43.6 Å². The fourth-order valence-electron chi connectivity index (χ4n) is 2.72. The van der Waals surface area contributed by atoms with Crippen molar-refractivity contribution in [1.29, 1.82) is 0 Å². The summed E-state index contributed by atoms with van der Waals surface area (Å²) in [5.41, 5.74) is 3.00. The smallest absolute Gasteiger partial charge is 0.248 e. The number of para-hydroxylation sites is 1. The molecule has 4 aromatic rings. The molecule has 0 aliphatic carbocycles. The van der Waals surface area contributed by atoms with Crippen molar-refractivity contribution in [2.75, 3.05) is 0 Å². The molecule has 3 aromatic heterocycles. The molecule has 6 nitrogen and oxygen atoms in total. The molecular weight excluding hydrogens is 378 g/mol. The Kier molecular flexibility index (Phi) is 3.97. The highest BCUT2D eigenvalue weighted by molar-refractivity contribution is 7.91. The molecule has 0 radical (unpaired) electrons. The summed E-state index contributed by atoms with van der Waals surface area (Å²) in [7, 11) is -3.79. The van der Waals surface area contributed by atoms with Gasteiger partial charge in [-0.25, -0.2) is 18.5 Å². The maximum absolute atomic E-state index is 11.8. The van der Waals surface area contributed by atoms with Gasteiger partial charge in [0.15, 0.2) is 0 Å². The molecule has 0 bridgehead atoms. The van der Waals surface area contributed by atoms with Gasteiger partial charge < -0.3 is 10.1 Å². The van der Waals surface area contributed by atoms with Crippen molar-refractivity contribution in [2.45, 2.75) is 10.8 Å². The lowest BCUT2D eigenvalue weighted by Gasteiger charge is -2.04. The van der Waals surface area contributed by atoms with E-state index in [-0.39, 0.29) is 10.8 Å². The van der Waals surface area contributed by atoms with Crippen LogP contribution in [0.2, 0.25) is 0 Å². The van der Waals surface area contributed by atoms with Gasteiger partial charge in [-0.2, -0.15) is 0 Å². The summed E-state index contributed by atoms with van der Waals surface area (Å²) in [6.07, 6.45) is 1.64. The van der Waals surface area contributed by atoms with E-state index in [1.54, 1.807) is 17.6 Å². The lowest BCUT2D eigenvalue weighted by molar-refractivity contribution is 0.285. The molecule has 0 aliphatic rings. The van der Waals surface area contributed by atoms with Crippen LogP contribution in [-0.2, 0) is 16.6 Å². The predicted molar refractivity (Wildman–Crippen MR) is 100 cm³/mol. The Morgan fingerprint density at radius 1 is 1.24 bits per heavy atom. The van der Waals surface area contributed by atoms with Crippen LogP contribution < -0.4 is 5.14 Å². The summed E-state index contributed by atoms with van der Waals surface area (Å²) in [5.74, 6) is 0. The molecule has 0 fully saturated rings. The van der Waals surface area contributed by atoms with Crippen LogP contribution in [-0.4, -0.2) is 23.5 Å². The van der Waals surface area contributed by atoms with E-state index >= 15 is 0 Å². The minimum Gasteiger partial charge on any atom is -0.391 e. The lowest BCUT2D eigenvalue weighted by Crippen LogP contribution is -2.11. The number of thiazole rings is 1. The van der Waals surface area contributed by atoms with E-state index in [0.29, 0.717) is 5.56 Å². The SMILES string of the molecule is NS(=O)(=O)c1sccc1-c1cccc2cc(-c3ncc(CO)s3)[nH]c12. The van der Waals surface area contributed by atoms with Gasteiger partial charge in [-0.3, -0.25) is 0 Å². The molecular formula is C16H13N3O3S3. The van der Waals surface area contributed by atoms with E-state index in [1.807, 2.05) is 24.3 Å². The average molecular weight is 391 g/mol. The number of aliphatic hydroxyl groups excluding tert-OH is 1. The van der Waals surface area contributed by atoms with Crippen LogP contribution in [0.15, 0.2) is 46.1 Å². The predicted octanol–water partition coefficient (Wildman–Crippen LogP) is 3.16. The first-order valence-electron chi connectivity index (χ1n) is 7.25. The Morgan fingerprint density at radius 3 is 2.80 bits per heavy atom. The fourth-order valence-corrected chi connectivity index (χ4v) is 5.28. The maximum Gasteiger partial charge on any atom is 0.248 e. The molecule has 9 heteroatoms. The zero-order valence-corrected chi connectivity index (χ0v) is 15.2. The number of rotatable bonds is 4. The van der Waals surface area contributed by atoms with Crippen LogP contribution in [0.4, 0.5) is 0 Å². The van der Waals surface area contributed by atoms with E-state index < -0.39 is 10.0 Å². The molecule has 0 aliphatic heterocycles. The summed E-state index contributed by atoms with van der Waals surface area (Å²) in [5, 5.41) is 18.0. The number of nitrogens with one attached hydrogen (secondary N) is 1. The molecule has 0 atom stereocenters. The molecule has 0 saturated heterocycles. The highest BCUT2D eigenvalue weighted by Gasteiger charge is 2.19. The van der Waals surface area contributed by atoms with E-state index in [4.69, 9.17) is 5.14 Å². The highest BCUT2D eigenvalue weighted by atomic mass is 32.2. The molecule has 0 unspecified atom stereocenters. The quantitative estimate of drug-likeness (QED) is 0.496. The van der Waals surface area contributed by atoms with Crippen molar-refractivity contribution in [3.8, 4) is 21.8 Å². The van der Waals surface area contributed by atoms with Crippen LogP contribution in [0.5, 0.6) is 0 Å². The van der Waals surface area contributed by atoms with E-state index in [1.165, 1.54) is 11.3 Å². The first-order valence-corrected chi connectivity index (χ1v) is 10.5. The third kappa shape index (κ3) is 2.90. The number of nitrogens with zero attached hydrogens (tertiary/aromatic N) is 1. The minimum absolute atomic E-state index is 0.0459. The second-order valence-electron chi connectivity index (χ2n) is 5.41. The van der Waals surface area contributed by atoms with Crippen LogP contribution in [0.1, 0.15) is 4.88 Å². The Labute approximate surface area is 151 Å². The van der Waals surface area contributed by atoms with Crippen LogP contribution in [0, 0.1) is 0 Å². The number of aromatic nitrogens is 2. The number of fused-ring (bicyclic) bond motifs is 1. The van der Waals surface area contributed by atoms with Crippen molar-refractivity contribution in [2.24, 2.45) is 5.14 Å². The molecule has 0 spiro atoms.